The summed E-state index contributed by atoms with van der Waals surface area (Å²) in [5.74, 6) is -1.07. The Morgan fingerprint density at radius 3 is 2.58 bits per heavy atom. The number of piperidine rings is 2. The number of carboxylic acids is 1. The number of carbonyl (C=O) groups excluding carboxylic acids is 1. The minimum atomic E-state index is -0.751. The van der Waals surface area contributed by atoms with E-state index in [9.17, 15) is 9.59 Å². The molecule has 0 aliphatic carbocycles. The molecule has 0 bridgehead atoms. The summed E-state index contributed by atoms with van der Waals surface area (Å²) in [6.45, 7) is 3.84. The Balaban J connectivity index is 1.94. The van der Waals surface area contributed by atoms with Crippen molar-refractivity contribution >= 4 is 12.0 Å². The van der Waals surface area contributed by atoms with E-state index < -0.39 is 5.97 Å². The van der Waals surface area contributed by atoms with Crippen LogP contribution in [-0.2, 0) is 4.79 Å². The number of hydrogen-bond acceptors (Lipinski definition) is 3. The van der Waals surface area contributed by atoms with Crippen LogP contribution in [0.3, 0.4) is 0 Å². The number of urea groups is 1. The van der Waals surface area contributed by atoms with Gasteiger partial charge in [0.15, 0.2) is 0 Å². The van der Waals surface area contributed by atoms with Crippen LogP contribution in [0, 0.1) is 5.92 Å². The predicted molar refractivity (Wildman–Crippen MR) is 70.7 cm³/mol. The van der Waals surface area contributed by atoms with E-state index in [1.165, 1.54) is 0 Å². The number of carboxylic acid groups (broad SMARTS) is 1. The average Bonchev–Trinajstić information content (AvgIpc) is 2.37. The first kappa shape index (κ1) is 14.1. The highest BCUT2D eigenvalue weighted by Crippen LogP contribution is 2.24. The largest absolute Gasteiger partial charge is 0.481 e. The van der Waals surface area contributed by atoms with Gasteiger partial charge in [-0.05, 0) is 32.6 Å². The lowest BCUT2D eigenvalue weighted by Crippen LogP contribution is -2.55. The van der Waals surface area contributed by atoms with E-state index in [1.807, 2.05) is 11.8 Å². The molecule has 2 aliphatic heterocycles. The number of nitrogens with two attached hydrogens (primary N) is 1. The molecule has 2 fully saturated rings. The Bertz CT molecular complexity index is 361. The molecule has 3 atom stereocenters. The highest BCUT2D eigenvalue weighted by molar-refractivity contribution is 5.76. The van der Waals surface area contributed by atoms with Crippen molar-refractivity contribution in [3.8, 4) is 0 Å². The van der Waals surface area contributed by atoms with Gasteiger partial charge in [-0.25, -0.2) is 4.79 Å². The Labute approximate surface area is 113 Å². The van der Waals surface area contributed by atoms with Gasteiger partial charge in [0, 0.05) is 31.7 Å². The summed E-state index contributed by atoms with van der Waals surface area (Å²) in [5.41, 5.74) is 5.90. The summed E-state index contributed by atoms with van der Waals surface area (Å²) in [5, 5.41) is 9.03. The molecule has 2 aliphatic rings. The second-order valence-electron chi connectivity index (χ2n) is 5.73. The smallest absolute Gasteiger partial charge is 0.320 e. The van der Waals surface area contributed by atoms with E-state index in [4.69, 9.17) is 10.8 Å². The molecule has 0 spiro atoms. The van der Waals surface area contributed by atoms with Crippen LogP contribution >= 0.6 is 0 Å². The van der Waals surface area contributed by atoms with Crippen molar-refractivity contribution in [3.63, 3.8) is 0 Å². The lowest BCUT2D eigenvalue weighted by Gasteiger charge is -2.41. The maximum absolute atomic E-state index is 12.4. The van der Waals surface area contributed by atoms with Crippen molar-refractivity contribution in [3.05, 3.63) is 0 Å². The van der Waals surface area contributed by atoms with E-state index in [2.05, 4.69) is 0 Å². The van der Waals surface area contributed by atoms with Gasteiger partial charge in [-0.2, -0.15) is 0 Å². The molecule has 0 aromatic heterocycles. The zero-order valence-corrected chi connectivity index (χ0v) is 11.4. The molecule has 6 nitrogen and oxygen atoms in total. The third-order valence-electron chi connectivity index (χ3n) is 4.20. The third-order valence-corrected chi connectivity index (χ3v) is 4.20. The molecular formula is C13H23N3O3. The number of rotatable bonds is 1. The van der Waals surface area contributed by atoms with E-state index >= 15 is 0 Å². The molecule has 0 aromatic carbocycles. The van der Waals surface area contributed by atoms with Crippen molar-refractivity contribution in [1.82, 2.24) is 9.80 Å². The number of hydrogen-bond donors (Lipinski definition) is 2. The molecule has 2 rings (SSSR count). The molecule has 108 valence electrons. The van der Waals surface area contributed by atoms with Crippen LogP contribution in [0.1, 0.15) is 32.6 Å². The van der Waals surface area contributed by atoms with Gasteiger partial charge >= 0.3 is 12.0 Å². The fraction of sp³-hybridized carbons (Fsp3) is 0.846. The van der Waals surface area contributed by atoms with Crippen LogP contribution in [0.4, 0.5) is 4.79 Å². The highest BCUT2D eigenvalue weighted by Gasteiger charge is 2.35. The molecule has 19 heavy (non-hydrogen) atoms. The molecule has 0 radical (unpaired) electrons. The lowest BCUT2D eigenvalue weighted by molar-refractivity contribution is -0.143. The summed E-state index contributed by atoms with van der Waals surface area (Å²) in [7, 11) is 0. The maximum atomic E-state index is 12.4. The first-order valence-corrected chi connectivity index (χ1v) is 7.03. The Morgan fingerprint density at radius 1 is 1.26 bits per heavy atom. The van der Waals surface area contributed by atoms with Gasteiger partial charge in [-0.3, -0.25) is 4.79 Å². The molecule has 2 amide bonds. The lowest BCUT2D eigenvalue weighted by atomic mass is 9.92. The summed E-state index contributed by atoms with van der Waals surface area (Å²) in [6, 6.07) is 0.0801. The molecule has 3 N–H and O–H groups in total. The van der Waals surface area contributed by atoms with Crippen LogP contribution in [0.25, 0.3) is 0 Å². The summed E-state index contributed by atoms with van der Waals surface area (Å²) < 4.78 is 0. The summed E-state index contributed by atoms with van der Waals surface area (Å²) >= 11 is 0. The van der Waals surface area contributed by atoms with Crippen molar-refractivity contribution in [2.75, 3.05) is 19.6 Å². The van der Waals surface area contributed by atoms with Gasteiger partial charge in [-0.15, -0.1) is 0 Å². The fourth-order valence-corrected chi connectivity index (χ4v) is 3.05. The van der Waals surface area contributed by atoms with E-state index in [0.717, 1.165) is 19.4 Å². The number of likely N-dealkylation sites (tertiary alicyclic amines) is 2. The van der Waals surface area contributed by atoms with Crippen molar-refractivity contribution in [2.24, 2.45) is 11.7 Å². The van der Waals surface area contributed by atoms with Crippen molar-refractivity contribution in [2.45, 2.75) is 44.7 Å². The third kappa shape index (κ3) is 3.18. The second kappa shape index (κ2) is 5.77. The number of amides is 2. The van der Waals surface area contributed by atoms with Gasteiger partial charge in [-0.1, -0.05) is 0 Å². The highest BCUT2D eigenvalue weighted by atomic mass is 16.4. The van der Waals surface area contributed by atoms with E-state index in [1.54, 1.807) is 4.90 Å². The Morgan fingerprint density at radius 2 is 2.00 bits per heavy atom. The molecule has 0 aromatic rings. The first-order chi connectivity index (χ1) is 8.99. The average molecular weight is 269 g/mol. The standard InChI is InChI=1S/C13H23N3O3/c1-9-7-10(12(17)18)4-6-16(9)13(19)15-5-2-3-11(14)8-15/h9-11H,2-8,14H2,1H3,(H,17,18). The summed E-state index contributed by atoms with van der Waals surface area (Å²) in [6.07, 6.45) is 3.01. The zero-order valence-electron chi connectivity index (χ0n) is 11.4. The minimum Gasteiger partial charge on any atom is -0.481 e. The van der Waals surface area contributed by atoms with Gasteiger partial charge in [0.2, 0.25) is 0 Å². The monoisotopic (exact) mass is 269 g/mol. The Kier molecular flexibility index (Phi) is 4.29. The molecular weight excluding hydrogens is 246 g/mol. The minimum absolute atomic E-state index is 0.0134. The van der Waals surface area contributed by atoms with Crippen molar-refractivity contribution < 1.29 is 14.7 Å². The molecule has 2 saturated heterocycles. The van der Waals surface area contributed by atoms with E-state index in [-0.39, 0.29) is 24.0 Å². The van der Waals surface area contributed by atoms with Gasteiger partial charge < -0.3 is 20.6 Å². The number of nitrogens with zero attached hydrogens (tertiary/aromatic N) is 2. The normalized spacial score (nSPS) is 32.2. The van der Waals surface area contributed by atoms with Crippen LogP contribution in [0.15, 0.2) is 0 Å². The number of aliphatic carboxylic acids is 1. The van der Waals surface area contributed by atoms with Gasteiger partial charge in [0.05, 0.1) is 5.92 Å². The number of carbonyl (C=O) groups is 2. The molecule has 3 unspecified atom stereocenters. The fourth-order valence-electron chi connectivity index (χ4n) is 3.05. The second-order valence-corrected chi connectivity index (χ2v) is 5.73. The van der Waals surface area contributed by atoms with Crippen molar-refractivity contribution in [1.29, 1.82) is 0 Å². The first-order valence-electron chi connectivity index (χ1n) is 7.03. The van der Waals surface area contributed by atoms with Gasteiger partial charge in [0.25, 0.3) is 0 Å². The quantitative estimate of drug-likeness (QED) is 0.734. The van der Waals surface area contributed by atoms with Crippen LogP contribution < -0.4 is 5.73 Å². The maximum Gasteiger partial charge on any atom is 0.320 e. The SMILES string of the molecule is CC1CC(C(=O)O)CCN1C(=O)N1CCCC(N)C1. The van der Waals surface area contributed by atoms with Crippen LogP contribution in [-0.4, -0.2) is 58.6 Å². The Hall–Kier alpha value is -1.30. The molecule has 2 heterocycles. The van der Waals surface area contributed by atoms with E-state index in [0.29, 0.717) is 25.9 Å². The van der Waals surface area contributed by atoms with Crippen LogP contribution in [0.5, 0.6) is 0 Å². The molecule has 0 saturated carbocycles. The van der Waals surface area contributed by atoms with Gasteiger partial charge in [0.1, 0.15) is 0 Å². The van der Waals surface area contributed by atoms with Crippen LogP contribution in [0.2, 0.25) is 0 Å². The summed E-state index contributed by atoms with van der Waals surface area (Å²) in [4.78, 5) is 27.0. The topological polar surface area (TPSA) is 86.9 Å². The molecule has 6 heteroatoms. The predicted octanol–water partition coefficient (Wildman–Crippen LogP) is 0.715. The zero-order chi connectivity index (χ0) is 14.0.